The van der Waals surface area contributed by atoms with E-state index >= 15 is 0 Å². The minimum absolute atomic E-state index is 0.547. The first kappa shape index (κ1) is 17.0. The SMILES string of the molecule is C=CC[Si](C)(CC=C)CCCc1ccc(B(O)O)cc1. The van der Waals surface area contributed by atoms with Crippen LogP contribution in [0.5, 0.6) is 0 Å². The minimum atomic E-state index is -1.38. The average molecular weight is 288 g/mol. The van der Waals surface area contributed by atoms with Crippen molar-refractivity contribution in [3.63, 3.8) is 0 Å². The van der Waals surface area contributed by atoms with Crippen LogP contribution < -0.4 is 5.46 Å². The van der Waals surface area contributed by atoms with Gasteiger partial charge in [0.1, 0.15) is 0 Å². The lowest BCUT2D eigenvalue weighted by molar-refractivity contribution is 0.426. The molecule has 1 aromatic carbocycles. The molecule has 0 aliphatic carbocycles. The lowest BCUT2D eigenvalue weighted by Crippen LogP contribution is -2.29. The summed E-state index contributed by atoms with van der Waals surface area (Å²) in [6.45, 7) is 10.2. The molecule has 0 saturated carbocycles. The second-order valence-corrected chi connectivity index (χ2v) is 10.7. The third-order valence-electron chi connectivity index (χ3n) is 3.80. The van der Waals surface area contributed by atoms with Gasteiger partial charge in [0.05, 0.1) is 8.07 Å². The fourth-order valence-electron chi connectivity index (χ4n) is 2.56. The summed E-state index contributed by atoms with van der Waals surface area (Å²) < 4.78 is 0. The summed E-state index contributed by atoms with van der Waals surface area (Å²) in [6, 6.07) is 11.1. The lowest BCUT2D eigenvalue weighted by Gasteiger charge is -2.24. The molecule has 0 aliphatic rings. The van der Waals surface area contributed by atoms with Gasteiger partial charge in [0.2, 0.25) is 0 Å². The summed E-state index contributed by atoms with van der Waals surface area (Å²) in [5.74, 6) is 0. The van der Waals surface area contributed by atoms with Crippen LogP contribution in [-0.2, 0) is 6.42 Å². The van der Waals surface area contributed by atoms with Crippen LogP contribution in [0.4, 0.5) is 0 Å². The predicted molar refractivity (Wildman–Crippen MR) is 91.0 cm³/mol. The van der Waals surface area contributed by atoms with Crippen LogP contribution in [0.15, 0.2) is 49.6 Å². The molecule has 20 heavy (non-hydrogen) atoms. The molecule has 2 N–H and O–H groups in total. The molecule has 0 aliphatic heterocycles. The molecule has 0 amide bonds. The first-order chi connectivity index (χ1) is 9.50. The van der Waals surface area contributed by atoms with Gasteiger partial charge >= 0.3 is 7.12 Å². The Bertz CT molecular complexity index is 419. The maximum Gasteiger partial charge on any atom is 0.488 e. The number of benzene rings is 1. The molecule has 0 radical (unpaired) electrons. The third-order valence-corrected chi connectivity index (χ3v) is 7.91. The van der Waals surface area contributed by atoms with E-state index in [2.05, 4.69) is 19.7 Å². The van der Waals surface area contributed by atoms with E-state index in [-0.39, 0.29) is 0 Å². The van der Waals surface area contributed by atoms with E-state index in [0.29, 0.717) is 5.46 Å². The Kier molecular flexibility index (Phi) is 6.99. The van der Waals surface area contributed by atoms with E-state index in [1.54, 1.807) is 12.1 Å². The highest BCUT2D eigenvalue weighted by Crippen LogP contribution is 2.24. The largest absolute Gasteiger partial charge is 0.488 e. The quantitative estimate of drug-likeness (QED) is 0.542. The Morgan fingerprint density at radius 3 is 2.10 bits per heavy atom. The van der Waals surface area contributed by atoms with Crippen molar-refractivity contribution in [2.45, 2.75) is 37.5 Å². The van der Waals surface area contributed by atoms with E-state index in [9.17, 15) is 0 Å². The summed E-state index contributed by atoms with van der Waals surface area (Å²) in [5, 5.41) is 18.1. The number of hydrogen-bond donors (Lipinski definition) is 2. The highest BCUT2D eigenvalue weighted by Gasteiger charge is 2.23. The van der Waals surface area contributed by atoms with Gasteiger partial charge < -0.3 is 10.0 Å². The second kappa shape index (κ2) is 8.25. The highest BCUT2D eigenvalue weighted by atomic mass is 28.3. The molecular weight excluding hydrogens is 263 g/mol. The minimum Gasteiger partial charge on any atom is -0.423 e. The molecule has 0 fully saturated rings. The molecule has 0 heterocycles. The summed E-state index contributed by atoms with van der Waals surface area (Å²) in [7, 11) is -2.62. The van der Waals surface area contributed by atoms with Crippen LogP contribution in [0.25, 0.3) is 0 Å². The zero-order valence-electron chi connectivity index (χ0n) is 12.4. The Balaban J connectivity index is 2.49. The molecule has 0 bridgehead atoms. The fraction of sp³-hybridized carbons (Fsp3) is 0.375. The van der Waals surface area contributed by atoms with Crippen LogP contribution in [-0.4, -0.2) is 25.2 Å². The van der Waals surface area contributed by atoms with Crippen LogP contribution in [0.2, 0.25) is 24.7 Å². The van der Waals surface area contributed by atoms with Crippen molar-refractivity contribution in [3.05, 3.63) is 55.1 Å². The Hall–Kier alpha value is -1.10. The van der Waals surface area contributed by atoms with Crippen molar-refractivity contribution < 1.29 is 10.0 Å². The zero-order valence-corrected chi connectivity index (χ0v) is 13.4. The van der Waals surface area contributed by atoms with Gasteiger partial charge in [-0.25, -0.2) is 0 Å². The van der Waals surface area contributed by atoms with Crippen LogP contribution >= 0.6 is 0 Å². The van der Waals surface area contributed by atoms with Crippen LogP contribution in [0.3, 0.4) is 0 Å². The monoisotopic (exact) mass is 288 g/mol. The Morgan fingerprint density at radius 1 is 1.10 bits per heavy atom. The summed E-state index contributed by atoms with van der Waals surface area (Å²) in [5.41, 5.74) is 1.80. The third kappa shape index (κ3) is 5.49. The normalized spacial score (nSPS) is 11.2. The van der Waals surface area contributed by atoms with Crippen molar-refractivity contribution in [2.24, 2.45) is 0 Å². The molecule has 0 unspecified atom stereocenters. The van der Waals surface area contributed by atoms with E-state index < -0.39 is 15.2 Å². The fourth-order valence-corrected chi connectivity index (χ4v) is 5.56. The van der Waals surface area contributed by atoms with Gasteiger partial charge in [0.15, 0.2) is 0 Å². The molecule has 0 saturated heterocycles. The Labute approximate surface area is 124 Å². The molecule has 108 valence electrons. The van der Waals surface area contributed by atoms with E-state index in [0.717, 1.165) is 18.5 Å². The van der Waals surface area contributed by atoms with Crippen molar-refractivity contribution in [1.82, 2.24) is 0 Å². The Morgan fingerprint density at radius 2 is 1.65 bits per heavy atom. The van der Waals surface area contributed by atoms with Gasteiger partial charge in [-0.15, -0.1) is 13.2 Å². The van der Waals surface area contributed by atoms with Crippen molar-refractivity contribution in [3.8, 4) is 0 Å². The number of hydrogen-bond acceptors (Lipinski definition) is 2. The maximum absolute atomic E-state index is 9.06. The van der Waals surface area contributed by atoms with Gasteiger partial charge in [-0.1, -0.05) is 55.4 Å². The molecule has 0 spiro atoms. The first-order valence-corrected chi connectivity index (χ1v) is 10.3. The smallest absolute Gasteiger partial charge is 0.423 e. The average Bonchev–Trinajstić information content (AvgIpc) is 2.39. The molecule has 4 heteroatoms. The molecule has 0 atom stereocenters. The predicted octanol–water partition coefficient (Wildman–Crippen LogP) is 2.75. The zero-order chi connectivity index (χ0) is 15.0. The maximum atomic E-state index is 9.06. The lowest BCUT2D eigenvalue weighted by atomic mass is 9.80. The van der Waals surface area contributed by atoms with Gasteiger partial charge in [0.25, 0.3) is 0 Å². The standard InChI is InChI=1S/C16H25BO2Si/c1-4-12-20(3,13-5-2)14-6-7-15-8-10-16(11-9-15)17(18)19/h4-5,8-11,18-19H,1-2,6-7,12-14H2,3H3. The summed E-state index contributed by atoms with van der Waals surface area (Å²) in [4.78, 5) is 0. The topological polar surface area (TPSA) is 40.5 Å². The highest BCUT2D eigenvalue weighted by molar-refractivity contribution is 6.79. The van der Waals surface area contributed by atoms with Crippen molar-refractivity contribution in [2.75, 3.05) is 0 Å². The van der Waals surface area contributed by atoms with Gasteiger partial charge in [-0.2, -0.15) is 0 Å². The molecule has 2 nitrogen and oxygen atoms in total. The van der Waals surface area contributed by atoms with Crippen LogP contribution in [0, 0.1) is 0 Å². The van der Waals surface area contributed by atoms with E-state index in [1.165, 1.54) is 18.0 Å². The van der Waals surface area contributed by atoms with E-state index in [4.69, 9.17) is 10.0 Å². The molecule has 1 aromatic rings. The summed E-state index contributed by atoms with van der Waals surface area (Å²) >= 11 is 0. The molecule has 0 aromatic heterocycles. The number of rotatable bonds is 9. The number of aryl methyl sites for hydroxylation is 1. The van der Waals surface area contributed by atoms with Gasteiger partial charge in [-0.05, 0) is 29.5 Å². The first-order valence-electron chi connectivity index (χ1n) is 7.17. The number of allylic oxidation sites excluding steroid dienone is 2. The van der Waals surface area contributed by atoms with E-state index in [1.807, 2.05) is 24.3 Å². The van der Waals surface area contributed by atoms with Gasteiger partial charge in [-0.3, -0.25) is 0 Å². The van der Waals surface area contributed by atoms with Gasteiger partial charge in [0, 0.05) is 0 Å². The van der Waals surface area contributed by atoms with Crippen molar-refractivity contribution >= 4 is 20.7 Å². The van der Waals surface area contributed by atoms with Crippen LogP contribution in [0.1, 0.15) is 12.0 Å². The molecular formula is C16H25BO2Si. The van der Waals surface area contributed by atoms with Crippen molar-refractivity contribution in [1.29, 1.82) is 0 Å². The summed E-state index contributed by atoms with van der Waals surface area (Å²) in [6.07, 6.45) is 6.31. The molecule has 1 rings (SSSR count). The second-order valence-electron chi connectivity index (χ2n) is 5.77.